The average Bonchev–Trinajstić information content (AvgIpc) is 2.47. The number of aliphatic hydroxyl groups excluding tert-OH is 1. The van der Waals surface area contributed by atoms with Gasteiger partial charge in [-0.25, -0.2) is 0 Å². The SMILES string of the molecule is CCCc1ccc(C(O)COc2c(C)cccc2C)cc1. The molecule has 2 heteroatoms. The molecule has 2 nitrogen and oxygen atoms in total. The Morgan fingerprint density at radius 2 is 1.62 bits per heavy atom. The predicted octanol–water partition coefficient (Wildman–Crippen LogP) is 4.37. The van der Waals surface area contributed by atoms with E-state index < -0.39 is 6.10 Å². The highest BCUT2D eigenvalue weighted by atomic mass is 16.5. The summed E-state index contributed by atoms with van der Waals surface area (Å²) in [5.41, 5.74) is 4.41. The molecular weight excluding hydrogens is 260 g/mol. The Morgan fingerprint density at radius 3 is 2.19 bits per heavy atom. The van der Waals surface area contributed by atoms with E-state index >= 15 is 0 Å². The number of hydrogen-bond donors (Lipinski definition) is 1. The van der Waals surface area contributed by atoms with Crippen molar-refractivity contribution in [2.45, 2.75) is 39.7 Å². The third-order valence-corrected chi connectivity index (χ3v) is 3.70. The van der Waals surface area contributed by atoms with Crippen molar-refractivity contribution in [2.75, 3.05) is 6.61 Å². The largest absolute Gasteiger partial charge is 0.490 e. The number of aliphatic hydroxyl groups is 1. The monoisotopic (exact) mass is 284 g/mol. The molecule has 0 amide bonds. The number of aryl methyl sites for hydroxylation is 3. The molecule has 0 saturated heterocycles. The molecule has 112 valence electrons. The highest BCUT2D eigenvalue weighted by Crippen LogP contribution is 2.24. The Balaban J connectivity index is 1.99. The van der Waals surface area contributed by atoms with Gasteiger partial charge in [0, 0.05) is 0 Å². The summed E-state index contributed by atoms with van der Waals surface area (Å²) in [5.74, 6) is 0.874. The summed E-state index contributed by atoms with van der Waals surface area (Å²) in [4.78, 5) is 0. The zero-order valence-corrected chi connectivity index (χ0v) is 13.1. The topological polar surface area (TPSA) is 29.5 Å². The Morgan fingerprint density at radius 1 is 1.00 bits per heavy atom. The maximum atomic E-state index is 10.3. The van der Waals surface area contributed by atoms with Gasteiger partial charge < -0.3 is 9.84 Å². The predicted molar refractivity (Wildman–Crippen MR) is 86.8 cm³/mol. The summed E-state index contributed by atoms with van der Waals surface area (Å²) in [7, 11) is 0. The second-order valence-corrected chi connectivity index (χ2v) is 5.54. The van der Waals surface area contributed by atoms with Crippen molar-refractivity contribution in [3.8, 4) is 5.75 Å². The summed E-state index contributed by atoms with van der Waals surface area (Å²) >= 11 is 0. The lowest BCUT2D eigenvalue weighted by atomic mass is 10.0. The van der Waals surface area contributed by atoms with E-state index in [-0.39, 0.29) is 6.61 Å². The van der Waals surface area contributed by atoms with Gasteiger partial charge in [0.15, 0.2) is 0 Å². The zero-order chi connectivity index (χ0) is 15.2. The molecule has 0 aliphatic rings. The van der Waals surface area contributed by atoms with E-state index in [9.17, 15) is 5.11 Å². The van der Waals surface area contributed by atoms with Crippen molar-refractivity contribution in [3.05, 3.63) is 64.7 Å². The molecule has 0 saturated carbocycles. The van der Waals surface area contributed by atoms with Crippen LogP contribution in [0.2, 0.25) is 0 Å². The molecule has 2 rings (SSSR count). The van der Waals surface area contributed by atoms with Crippen molar-refractivity contribution in [1.82, 2.24) is 0 Å². The van der Waals surface area contributed by atoms with Crippen LogP contribution < -0.4 is 4.74 Å². The van der Waals surface area contributed by atoms with E-state index in [0.717, 1.165) is 35.3 Å². The first kappa shape index (κ1) is 15.6. The number of ether oxygens (including phenoxy) is 1. The summed E-state index contributed by atoms with van der Waals surface area (Å²) in [6.07, 6.45) is 1.62. The van der Waals surface area contributed by atoms with Crippen LogP contribution in [-0.4, -0.2) is 11.7 Å². The van der Waals surface area contributed by atoms with Crippen LogP contribution in [0.4, 0.5) is 0 Å². The van der Waals surface area contributed by atoms with Crippen LogP contribution >= 0.6 is 0 Å². The molecule has 0 bridgehead atoms. The third kappa shape index (κ3) is 4.08. The van der Waals surface area contributed by atoms with E-state index in [1.807, 2.05) is 44.2 Å². The summed E-state index contributed by atoms with van der Waals surface area (Å²) in [6, 6.07) is 14.2. The number of para-hydroxylation sites is 1. The second-order valence-electron chi connectivity index (χ2n) is 5.54. The van der Waals surface area contributed by atoms with E-state index in [0.29, 0.717) is 0 Å². The van der Waals surface area contributed by atoms with Crippen LogP contribution in [0, 0.1) is 13.8 Å². The van der Waals surface area contributed by atoms with E-state index in [4.69, 9.17) is 4.74 Å². The first-order chi connectivity index (χ1) is 10.1. The van der Waals surface area contributed by atoms with Crippen LogP contribution in [-0.2, 0) is 6.42 Å². The minimum atomic E-state index is -0.598. The number of benzene rings is 2. The van der Waals surface area contributed by atoms with Crippen LogP contribution in [0.15, 0.2) is 42.5 Å². The minimum absolute atomic E-state index is 0.277. The molecule has 0 heterocycles. The molecule has 0 fully saturated rings. The molecule has 1 atom stereocenters. The van der Waals surface area contributed by atoms with Gasteiger partial charge >= 0.3 is 0 Å². The summed E-state index contributed by atoms with van der Waals surface area (Å²) < 4.78 is 5.81. The minimum Gasteiger partial charge on any atom is -0.490 e. The normalized spacial score (nSPS) is 12.2. The maximum absolute atomic E-state index is 10.3. The van der Waals surface area contributed by atoms with Crippen molar-refractivity contribution in [3.63, 3.8) is 0 Å². The van der Waals surface area contributed by atoms with Crippen molar-refractivity contribution >= 4 is 0 Å². The zero-order valence-electron chi connectivity index (χ0n) is 13.1. The third-order valence-electron chi connectivity index (χ3n) is 3.70. The Labute approximate surface area is 127 Å². The number of rotatable bonds is 6. The van der Waals surface area contributed by atoms with Gasteiger partial charge in [-0.15, -0.1) is 0 Å². The lowest BCUT2D eigenvalue weighted by molar-refractivity contribution is 0.107. The molecule has 2 aromatic rings. The average molecular weight is 284 g/mol. The summed E-state index contributed by atoms with van der Waals surface area (Å²) in [5, 5.41) is 10.3. The fraction of sp³-hybridized carbons (Fsp3) is 0.368. The molecule has 2 aromatic carbocycles. The fourth-order valence-corrected chi connectivity index (χ4v) is 2.48. The van der Waals surface area contributed by atoms with Crippen molar-refractivity contribution < 1.29 is 9.84 Å². The van der Waals surface area contributed by atoms with E-state index in [1.165, 1.54) is 5.56 Å². The number of hydrogen-bond acceptors (Lipinski definition) is 2. The van der Waals surface area contributed by atoms with Crippen LogP contribution in [0.5, 0.6) is 5.75 Å². The van der Waals surface area contributed by atoms with Gasteiger partial charge in [-0.2, -0.15) is 0 Å². The molecule has 0 spiro atoms. The highest BCUT2D eigenvalue weighted by Gasteiger charge is 2.10. The standard InChI is InChI=1S/C19H24O2/c1-4-6-16-9-11-17(12-10-16)18(20)13-21-19-14(2)7-5-8-15(19)3/h5,7-12,18,20H,4,6,13H2,1-3H3. The maximum Gasteiger partial charge on any atom is 0.125 e. The first-order valence-electron chi connectivity index (χ1n) is 7.57. The Hall–Kier alpha value is -1.80. The van der Waals surface area contributed by atoms with Crippen LogP contribution in [0.3, 0.4) is 0 Å². The lowest BCUT2D eigenvalue weighted by Crippen LogP contribution is -2.11. The Kier molecular flexibility index (Phi) is 5.40. The van der Waals surface area contributed by atoms with Gasteiger partial charge in [-0.3, -0.25) is 0 Å². The quantitative estimate of drug-likeness (QED) is 0.853. The lowest BCUT2D eigenvalue weighted by Gasteiger charge is -2.16. The molecular formula is C19H24O2. The van der Waals surface area contributed by atoms with Gasteiger partial charge in [0.1, 0.15) is 18.5 Å². The van der Waals surface area contributed by atoms with Gasteiger partial charge in [-0.1, -0.05) is 55.8 Å². The van der Waals surface area contributed by atoms with Crippen LogP contribution in [0.25, 0.3) is 0 Å². The Bertz CT molecular complexity index is 552. The van der Waals surface area contributed by atoms with Gasteiger partial charge in [0.2, 0.25) is 0 Å². The molecule has 0 radical (unpaired) electrons. The molecule has 0 aromatic heterocycles. The van der Waals surface area contributed by atoms with E-state index in [2.05, 4.69) is 19.1 Å². The van der Waals surface area contributed by atoms with E-state index in [1.54, 1.807) is 0 Å². The van der Waals surface area contributed by atoms with Gasteiger partial charge in [0.05, 0.1) is 0 Å². The first-order valence-corrected chi connectivity index (χ1v) is 7.57. The summed E-state index contributed by atoms with van der Waals surface area (Å²) in [6.45, 7) is 6.49. The molecule has 0 aliphatic heterocycles. The highest BCUT2D eigenvalue weighted by molar-refractivity contribution is 5.39. The second kappa shape index (κ2) is 7.28. The molecule has 0 aliphatic carbocycles. The smallest absolute Gasteiger partial charge is 0.125 e. The van der Waals surface area contributed by atoms with Crippen molar-refractivity contribution in [1.29, 1.82) is 0 Å². The van der Waals surface area contributed by atoms with Gasteiger partial charge in [-0.05, 0) is 42.5 Å². The molecule has 21 heavy (non-hydrogen) atoms. The van der Waals surface area contributed by atoms with Crippen LogP contribution in [0.1, 0.15) is 41.7 Å². The molecule has 1 N–H and O–H groups in total. The molecule has 1 unspecified atom stereocenters. The fourth-order valence-electron chi connectivity index (χ4n) is 2.48. The van der Waals surface area contributed by atoms with Crippen molar-refractivity contribution in [2.24, 2.45) is 0 Å². The van der Waals surface area contributed by atoms with Gasteiger partial charge in [0.25, 0.3) is 0 Å².